The Balaban J connectivity index is 1.90. The van der Waals surface area contributed by atoms with Crippen molar-refractivity contribution in [2.24, 2.45) is 0 Å². The first kappa shape index (κ1) is 12.7. The summed E-state index contributed by atoms with van der Waals surface area (Å²) in [6, 6.07) is 6.46. The molecule has 0 amide bonds. The predicted octanol–water partition coefficient (Wildman–Crippen LogP) is 2.95. The van der Waals surface area contributed by atoms with E-state index >= 15 is 0 Å². The standard InChI is InChI=1S/C13H15F2N3/c1-9-12(8-17-18-9)7-16-6-10-3-2-4-11(5-10)13(14)15/h2-5,8,13,16H,6-7H2,1H3,(H,17,18). The average molecular weight is 251 g/mol. The smallest absolute Gasteiger partial charge is 0.263 e. The van der Waals surface area contributed by atoms with Crippen LogP contribution < -0.4 is 5.32 Å². The molecule has 0 bridgehead atoms. The molecule has 5 heteroatoms. The quantitative estimate of drug-likeness (QED) is 0.857. The van der Waals surface area contributed by atoms with Crippen LogP contribution in [0.3, 0.4) is 0 Å². The Morgan fingerprint density at radius 1 is 1.33 bits per heavy atom. The number of aromatic nitrogens is 2. The Bertz CT molecular complexity index is 508. The fourth-order valence-corrected chi connectivity index (χ4v) is 1.73. The second-order valence-corrected chi connectivity index (χ2v) is 4.17. The van der Waals surface area contributed by atoms with Gasteiger partial charge in [-0.2, -0.15) is 5.10 Å². The molecule has 1 aromatic carbocycles. The number of hydrogen-bond donors (Lipinski definition) is 2. The number of halogens is 2. The summed E-state index contributed by atoms with van der Waals surface area (Å²) in [4.78, 5) is 0. The van der Waals surface area contributed by atoms with E-state index in [1.165, 1.54) is 12.1 Å². The highest BCUT2D eigenvalue weighted by Crippen LogP contribution is 2.19. The molecule has 0 saturated carbocycles. The third kappa shape index (κ3) is 3.13. The van der Waals surface area contributed by atoms with Crippen molar-refractivity contribution in [3.63, 3.8) is 0 Å². The molecule has 2 aromatic rings. The highest BCUT2D eigenvalue weighted by Gasteiger charge is 2.06. The van der Waals surface area contributed by atoms with E-state index in [-0.39, 0.29) is 5.56 Å². The minimum absolute atomic E-state index is 0.0637. The number of aromatic amines is 1. The zero-order valence-electron chi connectivity index (χ0n) is 10.1. The fraction of sp³-hybridized carbons (Fsp3) is 0.308. The summed E-state index contributed by atoms with van der Waals surface area (Å²) in [6.07, 6.45) is -0.654. The van der Waals surface area contributed by atoms with Crippen LogP contribution in [0.15, 0.2) is 30.5 Å². The summed E-state index contributed by atoms with van der Waals surface area (Å²) in [5.41, 5.74) is 3.02. The lowest BCUT2D eigenvalue weighted by Crippen LogP contribution is -2.13. The second-order valence-electron chi connectivity index (χ2n) is 4.17. The average Bonchev–Trinajstić information content (AvgIpc) is 2.76. The molecule has 2 rings (SSSR count). The molecule has 0 atom stereocenters. The summed E-state index contributed by atoms with van der Waals surface area (Å²) in [5, 5.41) is 9.98. The van der Waals surface area contributed by atoms with E-state index in [1.54, 1.807) is 12.3 Å². The first-order chi connectivity index (χ1) is 8.66. The molecule has 0 aliphatic carbocycles. The van der Waals surface area contributed by atoms with Crippen molar-refractivity contribution in [3.8, 4) is 0 Å². The van der Waals surface area contributed by atoms with Crippen molar-refractivity contribution < 1.29 is 8.78 Å². The van der Waals surface area contributed by atoms with Gasteiger partial charge in [0.25, 0.3) is 6.43 Å². The molecule has 0 fully saturated rings. The Hall–Kier alpha value is -1.75. The van der Waals surface area contributed by atoms with Gasteiger partial charge in [0, 0.05) is 29.9 Å². The summed E-state index contributed by atoms with van der Waals surface area (Å²) < 4.78 is 25.0. The summed E-state index contributed by atoms with van der Waals surface area (Å²) in [5.74, 6) is 0. The van der Waals surface area contributed by atoms with Gasteiger partial charge < -0.3 is 5.32 Å². The van der Waals surface area contributed by atoms with Crippen LogP contribution in [0.5, 0.6) is 0 Å². The van der Waals surface area contributed by atoms with Crippen LogP contribution in [0.25, 0.3) is 0 Å². The highest BCUT2D eigenvalue weighted by molar-refractivity contribution is 5.24. The van der Waals surface area contributed by atoms with E-state index in [0.29, 0.717) is 13.1 Å². The van der Waals surface area contributed by atoms with Crippen molar-refractivity contribution in [1.82, 2.24) is 15.5 Å². The molecule has 2 N–H and O–H groups in total. The first-order valence-electron chi connectivity index (χ1n) is 5.73. The number of hydrogen-bond acceptors (Lipinski definition) is 2. The van der Waals surface area contributed by atoms with Crippen LogP contribution >= 0.6 is 0 Å². The zero-order chi connectivity index (χ0) is 13.0. The minimum atomic E-state index is -2.42. The molecule has 0 spiro atoms. The molecule has 0 unspecified atom stereocenters. The summed E-state index contributed by atoms with van der Waals surface area (Å²) in [6.45, 7) is 3.17. The molecule has 0 saturated heterocycles. The van der Waals surface area contributed by atoms with Crippen molar-refractivity contribution in [3.05, 3.63) is 52.8 Å². The van der Waals surface area contributed by atoms with Gasteiger partial charge in [0.1, 0.15) is 0 Å². The van der Waals surface area contributed by atoms with Gasteiger partial charge >= 0.3 is 0 Å². The minimum Gasteiger partial charge on any atom is -0.308 e. The van der Waals surface area contributed by atoms with E-state index in [1.807, 2.05) is 13.0 Å². The summed E-state index contributed by atoms with van der Waals surface area (Å²) in [7, 11) is 0. The molecule has 0 aliphatic rings. The Labute approximate surface area is 104 Å². The van der Waals surface area contributed by atoms with Crippen LogP contribution in [0.1, 0.15) is 28.8 Å². The van der Waals surface area contributed by atoms with Gasteiger partial charge in [-0.25, -0.2) is 8.78 Å². The van der Waals surface area contributed by atoms with Crippen LogP contribution in [0.2, 0.25) is 0 Å². The fourth-order valence-electron chi connectivity index (χ4n) is 1.73. The van der Waals surface area contributed by atoms with E-state index in [2.05, 4.69) is 15.5 Å². The molecule has 3 nitrogen and oxygen atoms in total. The maximum absolute atomic E-state index is 12.5. The number of nitrogens with one attached hydrogen (secondary N) is 2. The van der Waals surface area contributed by atoms with E-state index in [9.17, 15) is 8.78 Å². The highest BCUT2D eigenvalue weighted by atomic mass is 19.3. The molecular weight excluding hydrogens is 236 g/mol. The number of rotatable bonds is 5. The van der Waals surface area contributed by atoms with Crippen molar-refractivity contribution >= 4 is 0 Å². The van der Waals surface area contributed by atoms with Crippen molar-refractivity contribution in [2.75, 3.05) is 0 Å². The number of benzene rings is 1. The van der Waals surface area contributed by atoms with Crippen LogP contribution in [0.4, 0.5) is 8.78 Å². The van der Waals surface area contributed by atoms with Gasteiger partial charge in [-0.1, -0.05) is 18.2 Å². The lowest BCUT2D eigenvalue weighted by Gasteiger charge is -2.06. The Morgan fingerprint density at radius 2 is 2.17 bits per heavy atom. The molecule has 0 radical (unpaired) electrons. The largest absolute Gasteiger partial charge is 0.308 e. The number of alkyl halides is 2. The molecule has 18 heavy (non-hydrogen) atoms. The molecular formula is C13H15F2N3. The maximum Gasteiger partial charge on any atom is 0.263 e. The molecule has 96 valence electrons. The second kappa shape index (κ2) is 5.73. The van der Waals surface area contributed by atoms with E-state index in [0.717, 1.165) is 16.8 Å². The van der Waals surface area contributed by atoms with Crippen molar-refractivity contribution in [1.29, 1.82) is 0 Å². The topological polar surface area (TPSA) is 40.7 Å². The Kier molecular flexibility index (Phi) is 4.04. The molecule has 0 aliphatic heterocycles. The number of nitrogens with zero attached hydrogens (tertiary/aromatic N) is 1. The van der Waals surface area contributed by atoms with Gasteiger partial charge in [-0.3, -0.25) is 5.10 Å². The first-order valence-corrected chi connectivity index (χ1v) is 5.73. The van der Waals surface area contributed by atoms with Crippen LogP contribution in [-0.2, 0) is 13.1 Å². The normalized spacial score (nSPS) is 11.1. The third-order valence-electron chi connectivity index (χ3n) is 2.78. The Morgan fingerprint density at radius 3 is 2.83 bits per heavy atom. The monoisotopic (exact) mass is 251 g/mol. The summed E-state index contributed by atoms with van der Waals surface area (Å²) >= 11 is 0. The van der Waals surface area contributed by atoms with Crippen molar-refractivity contribution in [2.45, 2.75) is 26.4 Å². The maximum atomic E-state index is 12.5. The number of aryl methyl sites for hydroxylation is 1. The van der Waals surface area contributed by atoms with E-state index in [4.69, 9.17) is 0 Å². The molecule has 1 aromatic heterocycles. The van der Waals surface area contributed by atoms with Crippen LogP contribution in [0, 0.1) is 6.92 Å². The lowest BCUT2D eigenvalue weighted by molar-refractivity contribution is 0.151. The predicted molar refractivity (Wildman–Crippen MR) is 65.3 cm³/mol. The van der Waals surface area contributed by atoms with Gasteiger partial charge in [-0.05, 0) is 18.6 Å². The van der Waals surface area contributed by atoms with Gasteiger partial charge in [-0.15, -0.1) is 0 Å². The zero-order valence-corrected chi connectivity index (χ0v) is 10.1. The van der Waals surface area contributed by atoms with Gasteiger partial charge in [0.2, 0.25) is 0 Å². The van der Waals surface area contributed by atoms with Gasteiger partial charge in [0.15, 0.2) is 0 Å². The van der Waals surface area contributed by atoms with E-state index < -0.39 is 6.43 Å². The SMILES string of the molecule is Cc1[nH]ncc1CNCc1cccc(C(F)F)c1. The van der Waals surface area contributed by atoms with Gasteiger partial charge in [0.05, 0.1) is 6.20 Å². The third-order valence-corrected chi connectivity index (χ3v) is 2.78. The number of H-pyrrole nitrogens is 1. The van der Waals surface area contributed by atoms with Crippen LogP contribution in [-0.4, -0.2) is 10.2 Å². The molecule has 1 heterocycles. The lowest BCUT2D eigenvalue weighted by atomic mass is 10.1.